The molecule has 0 aromatic heterocycles. The minimum absolute atomic E-state index is 0.204. The van der Waals surface area contributed by atoms with Crippen molar-refractivity contribution in [3.05, 3.63) is 72.8 Å². The van der Waals surface area contributed by atoms with Gasteiger partial charge in [-0.05, 0) is 35.9 Å². The van der Waals surface area contributed by atoms with Gasteiger partial charge in [0.05, 0.1) is 0 Å². The van der Waals surface area contributed by atoms with Gasteiger partial charge in [0, 0.05) is 17.9 Å². The van der Waals surface area contributed by atoms with Crippen LogP contribution in [0.1, 0.15) is 5.56 Å². The largest absolute Gasteiger partial charge is 0.381 e. The Morgan fingerprint density at radius 1 is 1.00 bits per heavy atom. The van der Waals surface area contributed by atoms with Crippen LogP contribution in [0.2, 0.25) is 0 Å². The van der Waals surface area contributed by atoms with Crippen molar-refractivity contribution in [2.75, 3.05) is 10.6 Å². The average molecular weight is 252 g/mol. The smallest absolute Gasteiger partial charge is 0.247 e. The van der Waals surface area contributed by atoms with Gasteiger partial charge in [-0.15, -0.1) is 0 Å². The molecular weight excluding hydrogens is 236 g/mol. The van der Waals surface area contributed by atoms with E-state index in [1.807, 2.05) is 42.5 Å². The Labute approximate surface area is 113 Å². The van der Waals surface area contributed by atoms with E-state index in [9.17, 15) is 4.79 Å². The van der Waals surface area contributed by atoms with Crippen molar-refractivity contribution in [3.63, 3.8) is 0 Å². The summed E-state index contributed by atoms with van der Waals surface area (Å²) in [4.78, 5) is 11.1. The van der Waals surface area contributed by atoms with E-state index in [1.165, 1.54) is 11.6 Å². The molecule has 0 fully saturated rings. The van der Waals surface area contributed by atoms with E-state index < -0.39 is 0 Å². The second kappa shape index (κ2) is 6.40. The summed E-state index contributed by atoms with van der Waals surface area (Å²) in [6.45, 7) is 4.19. The van der Waals surface area contributed by atoms with Crippen LogP contribution < -0.4 is 10.6 Å². The molecule has 0 aliphatic carbocycles. The molecule has 2 aromatic carbocycles. The topological polar surface area (TPSA) is 41.1 Å². The summed E-state index contributed by atoms with van der Waals surface area (Å²) in [7, 11) is 0. The third-order valence-electron chi connectivity index (χ3n) is 2.68. The maximum absolute atomic E-state index is 11.1. The van der Waals surface area contributed by atoms with E-state index >= 15 is 0 Å². The predicted octanol–water partition coefficient (Wildman–Crippen LogP) is 3.42. The molecule has 0 saturated heterocycles. The summed E-state index contributed by atoms with van der Waals surface area (Å²) in [6, 6.07) is 17.8. The third kappa shape index (κ3) is 4.00. The maximum Gasteiger partial charge on any atom is 0.247 e. The van der Waals surface area contributed by atoms with Crippen molar-refractivity contribution in [2.24, 2.45) is 0 Å². The minimum Gasteiger partial charge on any atom is -0.381 e. The van der Waals surface area contributed by atoms with Gasteiger partial charge < -0.3 is 10.6 Å². The number of amides is 1. The van der Waals surface area contributed by atoms with Gasteiger partial charge in [0.25, 0.3) is 0 Å². The van der Waals surface area contributed by atoms with Gasteiger partial charge in [0.15, 0.2) is 0 Å². The lowest BCUT2D eigenvalue weighted by Crippen LogP contribution is -2.07. The van der Waals surface area contributed by atoms with Crippen LogP contribution in [0.5, 0.6) is 0 Å². The molecule has 2 aromatic rings. The van der Waals surface area contributed by atoms with Crippen molar-refractivity contribution >= 4 is 17.3 Å². The highest BCUT2D eigenvalue weighted by atomic mass is 16.1. The molecule has 96 valence electrons. The summed E-state index contributed by atoms with van der Waals surface area (Å²) in [5, 5.41) is 6.03. The summed E-state index contributed by atoms with van der Waals surface area (Å²) in [6.07, 6.45) is 1.25. The molecule has 0 aliphatic heterocycles. The maximum atomic E-state index is 11.1. The molecule has 19 heavy (non-hydrogen) atoms. The minimum atomic E-state index is -0.204. The van der Waals surface area contributed by atoms with Crippen LogP contribution in [0.25, 0.3) is 0 Å². The number of anilines is 2. The van der Waals surface area contributed by atoms with Crippen molar-refractivity contribution in [1.82, 2.24) is 0 Å². The van der Waals surface area contributed by atoms with E-state index in [2.05, 4.69) is 29.3 Å². The van der Waals surface area contributed by atoms with Crippen LogP contribution in [0.3, 0.4) is 0 Å². The Balaban J connectivity index is 1.92. The molecule has 0 spiro atoms. The van der Waals surface area contributed by atoms with Gasteiger partial charge in [-0.25, -0.2) is 0 Å². The number of carbonyl (C=O) groups excluding carboxylic acids is 1. The van der Waals surface area contributed by atoms with Gasteiger partial charge in [-0.2, -0.15) is 0 Å². The first-order valence-corrected chi connectivity index (χ1v) is 6.09. The van der Waals surface area contributed by atoms with Crippen LogP contribution >= 0.6 is 0 Å². The van der Waals surface area contributed by atoms with Crippen LogP contribution in [0, 0.1) is 0 Å². The van der Waals surface area contributed by atoms with Crippen molar-refractivity contribution in [2.45, 2.75) is 6.54 Å². The Kier molecular flexibility index (Phi) is 4.34. The Morgan fingerprint density at radius 2 is 1.63 bits per heavy atom. The molecule has 3 nitrogen and oxygen atoms in total. The van der Waals surface area contributed by atoms with Crippen molar-refractivity contribution < 1.29 is 4.79 Å². The fourth-order valence-corrected chi connectivity index (χ4v) is 1.66. The van der Waals surface area contributed by atoms with Crippen LogP contribution in [0.4, 0.5) is 11.4 Å². The number of benzene rings is 2. The van der Waals surface area contributed by atoms with Gasteiger partial charge in [-0.3, -0.25) is 4.79 Å². The predicted molar refractivity (Wildman–Crippen MR) is 79.0 cm³/mol. The van der Waals surface area contributed by atoms with Gasteiger partial charge in [-0.1, -0.05) is 36.9 Å². The number of rotatable bonds is 5. The molecule has 0 atom stereocenters. The summed E-state index contributed by atoms with van der Waals surface area (Å²) < 4.78 is 0. The molecule has 3 heteroatoms. The highest BCUT2D eigenvalue weighted by Crippen LogP contribution is 2.14. The average Bonchev–Trinajstić information content (AvgIpc) is 2.47. The van der Waals surface area contributed by atoms with Gasteiger partial charge >= 0.3 is 0 Å². The van der Waals surface area contributed by atoms with Crippen molar-refractivity contribution in [3.8, 4) is 0 Å². The number of nitrogens with one attached hydrogen (secondary N) is 2. The Morgan fingerprint density at radius 3 is 2.26 bits per heavy atom. The lowest BCUT2D eigenvalue weighted by Gasteiger charge is -2.08. The fourth-order valence-electron chi connectivity index (χ4n) is 1.66. The zero-order valence-corrected chi connectivity index (χ0v) is 10.6. The molecule has 0 saturated carbocycles. The second-order valence-electron chi connectivity index (χ2n) is 4.11. The second-order valence-corrected chi connectivity index (χ2v) is 4.11. The SMILES string of the molecule is C=CC(=O)Nc1ccc(NCc2ccccc2)cc1. The van der Waals surface area contributed by atoms with Gasteiger partial charge in [0.2, 0.25) is 5.91 Å². The molecule has 0 bridgehead atoms. The van der Waals surface area contributed by atoms with Crippen LogP contribution in [-0.2, 0) is 11.3 Å². The van der Waals surface area contributed by atoms with E-state index in [4.69, 9.17) is 0 Å². The number of hydrogen-bond donors (Lipinski definition) is 2. The summed E-state index contributed by atoms with van der Waals surface area (Å²) >= 11 is 0. The molecule has 1 amide bonds. The zero-order chi connectivity index (χ0) is 13.5. The summed E-state index contributed by atoms with van der Waals surface area (Å²) in [5.74, 6) is -0.204. The van der Waals surface area contributed by atoms with E-state index in [1.54, 1.807) is 0 Å². The third-order valence-corrected chi connectivity index (χ3v) is 2.68. The molecular formula is C16H16N2O. The van der Waals surface area contributed by atoms with E-state index in [0.717, 1.165) is 17.9 Å². The van der Waals surface area contributed by atoms with E-state index in [-0.39, 0.29) is 5.91 Å². The molecule has 0 aliphatic rings. The first-order chi connectivity index (χ1) is 9.28. The number of carbonyl (C=O) groups is 1. The molecule has 0 radical (unpaired) electrons. The number of hydrogen-bond acceptors (Lipinski definition) is 2. The summed E-state index contributed by atoms with van der Waals surface area (Å²) in [5.41, 5.74) is 3.00. The molecule has 2 rings (SSSR count). The monoisotopic (exact) mass is 252 g/mol. The van der Waals surface area contributed by atoms with Crippen LogP contribution in [-0.4, -0.2) is 5.91 Å². The highest BCUT2D eigenvalue weighted by molar-refractivity contribution is 5.98. The lowest BCUT2D eigenvalue weighted by atomic mass is 10.2. The van der Waals surface area contributed by atoms with Crippen LogP contribution in [0.15, 0.2) is 67.3 Å². The molecule has 0 heterocycles. The quantitative estimate of drug-likeness (QED) is 0.800. The normalized spacial score (nSPS) is 9.68. The molecule has 0 unspecified atom stereocenters. The van der Waals surface area contributed by atoms with E-state index in [0.29, 0.717) is 0 Å². The Bertz CT molecular complexity index is 547. The van der Waals surface area contributed by atoms with Crippen molar-refractivity contribution in [1.29, 1.82) is 0 Å². The first-order valence-electron chi connectivity index (χ1n) is 6.09. The first kappa shape index (κ1) is 12.9. The lowest BCUT2D eigenvalue weighted by molar-refractivity contribution is -0.111. The molecule has 2 N–H and O–H groups in total. The standard InChI is InChI=1S/C16H16N2O/c1-2-16(19)18-15-10-8-14(9-11-15)17-12-13-6-4-3-5-7-13/h2-11,17H,1,12H2,(H,18,19). The fraction of sp³-hybridized carbons (Fsp3) is 0.0625. The Hall–Kier alpha value is -2.55. The zero-order valence-electron chi connectivity index (χ0n) is 10.6. The van der Waals surface area contributed by atoms with Gasteiger partial charge in [0.1, 0.15) is 0 Å². The highest BCUT2D eigenvalue weighted by Gasteiger charge is 1.97.